The second-order valence-electron chi connectivity index (χ2n) is 6.62. The minimum absolute atomic E-state index is 0.104. The number of benzene rings is 1. The molecule has 3 heterocycles. The van der Waals surface area contributed by atoms with Crippen molar-refractivity contribution in [2.24, 2.45) is 0 Å². The van der Waals surface area contributed by atoms with Crippen molar-refractivity contribution in [3.8, 4) is 0 Å². The molecule has 0 saturated carbocycles. The largest absolute Gasteiger partial charge is 0.369 e. The fraction of sp³-hybridized carbons (Fsp3) is 0.421. The number of nitrogens with one attached hydrogen (secondary N) is 2. The van der Waals surface area contributed by atoms with Crippen molar-refractivity contribution in [2.45, 2.75) is 31.4 Å². The second kappa shape index (κ2) is 6.86. The van der Waals surface area contributed by atoms with E-state index in [1.54, 1.807) is 23.5 Å². The Morgan fingerprint density at radius 3 is 2.96 bits per heavy atom. The van der Waals surface area contributed by atoms with Crippen LogP contribution < -0.4 is 10.6 Å². The summed E-state index contributed by atoms with van der Waals surface area (Å²) in [6.07, 6.45) is 2.76. The normalized spacial score (nSPS) is 18.8. The van der Waals surface area contributed by atoms with E-state index in [1.807, 2.05) is 6.07 Å². The molecule has 6 heteroatoms. The number of rotatable bonds is 3. The molecule has 0 bridgehead atoms. The zero-order valence-corrected chi connectivity index (χ0v) is 14.8. The molecular weight excluding hydrogens is 339 g/mol. The Balaban J connectivity index is 1.51. The number of ether oxygens (including phenoxy) is 1. The van der Waals surface area contributed by atoms with Crippen molar-refractivity contribution < 1.29 is 13.9 Å². The van der Waals surface area contributed by atoms with Gasteiger partial charge in [0.25, 0.3) is 5.91 Å². The monoisotopic (exact) mass is 360 g/mol. The minimum Gasteiger partial charge on any atom is -0.369 e. The molecule has 2 aromatic rings. The van der Waals surface area contributed by atoms with Crippen LogP contribution in [0, 0.1) is 5.82 Å². The van der Waals surface area contributed by atoms with Crippen LogP contribution in [0.1, 0.15) is 38.5 Å². The summed E-state index contributed by atoms with van der Waals surface area (Å²) >= 11 is 1.55. The lowest BCUT2D eigenvalue weighted by molar-refractivity contribution is -0.0771. The first-order valence-electron chi connectivity index (χ1n) is 8.67. The summed E-state index contributed by atoms with van der Waals surface area (Å²) in [7, 11) is 0. The lowest BCUT2D eigenvalue weighted by atomic mass is 9.86. The number of carbonyl (C=O) groups excluding carboxylic acids is 1. The van der Waals surface area contributed by atoms with Crippen molar-refractivity contribution in [3.05, 3.63) is 57.0 Å². The number of hydrogen-bond acceptors (Lipinski definition) is 4. The van der Waals surface area contributed by atoms with E-state index in [2.05, 4.69) is 10.6 Å². The van der Waals surface area contributed by atoms with E-state index in [9.17, 15) is 9.18 Å². The Bertz CT molecular complexity index is 783. The van der Waals surface area contributed by atoms with Gasteiger partial charge in [-0.05, 0) is 61.7 Å². The Hall–Kier alpha value is -1.76. The average molecular weight is 360 g/mol. The van der Waals surface area contributed by atoms with E-state index >= 15 is 0 Å². The van der Waals surface area contributed by atoms with Gasteiger partial charge in [0.05, 0.1) is 11.5 Å². The number of carbonyl (C=O) groups is 1. The molecule has 0 radical (unpaired) electrons. The second-order valence-corrected chi connectivity index (χ2v) is 7.67. The standard InChI is InChI=1S/C19H21FN2O2S/c20-15-3-1-2-13(10-15)12-22-18(23)16-11-14-4-9-24-19(17(14)25-16)5-7-21-8-6-19/h1-3,10-11,21H,4-9,12H2,(H,22,23). The summed E-state index contributed by atoms with van der Waals surface area (Å²) < 4.78 is 19.4. The van der Waals surface area contributed by atoms with Gasteiger partial charge in [0, 0.05) is 11.4 Å². The van der Waals surface area contributed by atoms with Crippen LogP contribution in [0.3, 0.4) is 0 Å². The van der Waals surface area contributed by atoms with Gasteiger partial charge in [0.2, 0.25) is 0 Å². The van der Waals surface area contributed by atoms with Crippen LogP contribution in [0.2, 0.25) is 0 Å². The first-order chi connectivity index (χ1) is 12.2. The van der Waals surface area contributed by atoms with Gasteiger partial charge in [-0.15, -0.1) is 11.3 Å². The van der Waals surface area contributed by atoms with Crippen LogP contribution in [0.15, 0.2) is 30.3 Å². The third-order valence-corrected chi connectivity index (χ3v) is 6.31. The van der Waals surface area contributed by atoms with E-state index in [0.717, 1.165) is 37.9 Å². The molecule has 2 aliphatic rings. The molecule has 132 valence electrons. The highest BCUT2D eigenvalue weighted by Crippen LogP contribution is 2.44. The number of amides is 1. The van der Waals surface area contributed by atoms with Crippen LogP contribution >= 0.6 is 11.3 Å². The molecule has 0 unspecified atom stereocenters. The van der Waals surface area contributed by atoms with Crippen molar-refractivity contribution in [1.29, 1.82) is 0 Å². The van der Waals surface area contributed by atoms with E-state index in [4.69, 9.17) is 4.74 Å². The fourth-order valence-electron chi connectivity index (χ4n) is 3.65. The molecule has 1 spiro atoms. The topological polar surface area (TPSA) is 50.4 Å². The molecule has 0 aliphatic carbocycles. The SMILES string of the molecule is O=C(NCc1cccc(F)c1)c1cc2c(s1)C1(CCNCC1)OCC2. The predicted octanol–water partition coefficient (Wildman–Crippen LogP) is 2.97. The van der Waals surface area contributed by atoms with Crippen LogP contribution in [-0.2, 0) is 23.3 Å². The van der Waals surface area contributed by atoms with Gasteiger partial charge in [-0.3, -0.25) is 4.79 Å². The molecule has 1 saturated heterocycles. The molecule has 1 amide bonds. The van der Waals surface area contributed by atoms with E-state index in [0.29, 0.717) is 18.0 Å². The van der Waals surface area contributed by atoms with Crippen LogP contribution in [0.4, 0.5) is 4.39 Å². The molecule has 1 fully saturated rings. The maximum atomic E-state index is 13.2. The molecule has 2 N–H and O–H groups in total. The Kier molecular flexibility index (Phi) is 4.58. The van der Waals surface area contributed by atoms with Gasteiger partial charge < -0.3 is 15.4 Å². The number of thiophene rings is 1. The molecular formula is C19H21FN2O2S. The van der Waals surface area contributed by atoms with Gasteiger partial charge in [-0.25, -0.2) is 4.39 Å². The Morgan fingerprint density at radius 1 is 1.32 bits per heavy atom. The predicted molar refractivity (Wildman–Crippen MR) is 95.3 cm³/mol. The lowest BCUT2D eigenvalue weighted by Crippen LogP contribution is -2.43. The minimum atomic E-state index is -0.289. The van der Waals surface area contributed by atoms with Gasteiger partial charge >= 0.3 is 0 Å². The molecule has 1 aromatic carbocycles. The maximum absolute atomic E-state index is 13.2. The number of fused-ring (bicyclic) bond motifs is 2. The highest BCUT2D eigenvalue weighted by molar-refractivity contribution is 7.14. The van der Waals surface area contributed by atoms with Gasteiger partial charge in [0.15, 0.2) is 0 Å². The van der Waals surface area contributed by atoms with Crippen molar-refractivity contribution in [3.63, 3.8) is 0 Å². The zero-order chi connectivity index (χ0) is 17.3. The van der Waals surface area contributed by atoms with Gasteiger partial charge in [-0.2, -0.15) is 0 Å². The van der Waals surface area contributed by atoms with Crippen molar-refractivity contribution in [1.82, 2.24) is 10.6 Å². The Labute approximate surface area is 150 Å². The highest BCUT2D eigenvalue weighted by atomic mass is 32.1. The maximum Gasteiger partial charge on any atom is 0.261 e. The molecule has 4 nitrogen and oxygen atoms in total. The quantitative estimate of drug-likeness (QED) is 0.885. The highest BCUT2D eigenvalue weighted by Gasteiger charge is 2.41. The summed E-state index contributed by atoms with van der Waals surface area (Å²) in [5.41, 5.74) is 1.78. The molecule has 1 aromatic heterocycles. The van der Waals surface area contributed by atoms with Gasteiger partial charge in [0.1, 0.15) is 11.4 Å². The summed E-state index contributed by atoms with van der Waals surface area (Å²) in [5.74, 6) is -0.393. The van der Waals surface area contributed by atoms with Gasteiger partial charge in [-0.1, -0.05) is 12.1 Å². The average Bonchev–Trinajstić information content (AvgIpc) is 3.07. The van der Waals surface area contributed by atoms with Crippen molar-refractivity contribution in [2.75, 3.05) is 19.7 Å². The van der Waals surface area contributed by atoms with Crippen LogP contribution in [-0.4, -0.2) is 25.6 Å². The first kappa shape index (κ1) is 16.7. The third-order valence-electron chi connectivity index (χ3n) is 4.95. The van der Waals surface area contributed by atoms with Crippen LogP contribution in [0.25, 0.3) is 0 Å². The van der Waals surface area contributed by atoms with Crippen LogP contribution in [0.5, 0.6) is 0 Å². The summed E-state index contributed by atoms with van der Waals surface area (Å²) in [6, 6.07) is 8.31. The number of hydrogen-bond donors (Lipinski definition) is 2. The molecule has 4 rings (SSSR count). The van der Waals surface area contributed by atoms with E-state index in [-0.39, 0.29) is 17.3 Å². The first-order valence-corrected chi connectivity index (χ1v) is 9.48. The molecule has 0 atom stereocenters. The summed E-state index contributed by atoms with van der Waals surface area (Å²) in [4.78, 5) is 14.5. The fourth-order valence-corrected chi connectivity index (χ4v) is 4.98. The third kappa shape index (κ3) is 3.34. The van der Waals surface area contributed by atoms with E-state index in [1.165, 1.54) is 22.6 Å². The number of halogens is 1. The Morgan fingerprint density at radius 2 is 2.16 bits per heavy atom. The number of piperidine rings is 1. The molecule has 25 heavy (non-hydrogen) atoms. The lowest BCUT2D eigenvalue weighted by Gasteiger charge is -2.40. The molecule has 2 aliphatic heterocycles. The smallest absolute Gasteiger partial charge is 0.261 e. The van der Waals surface area contributed by atoms with E-state index < -0.39 is 0 Å². The zero-order valence-electron chi connectivity index (χ0n) is 13.9. The van der Waals surface area contributed by atoms with Crippen molar-refractivity contribution >= 4 is 17.2 Å². The summed E-state index contributed by atoms with van der Waals surface area (Å²) in [6.45, 7) is 2.93. The summed E-state index contributed by atoms with van der Waals surface area (Å²) in [5, 5.41) is 6.27.